The molecule has 38 heavy (non-hydrogen) atoms. The van der Waals surface area contributed by atoms with Crippen LogP contribution in [-0.4, -0.2) is 41.2 Å². The summed E-state index contributed by atoms with van der Waals surface area (Å²) in [5.74, 6) is -3.63. The third-order valence-corrected chi connectivity index (χ3v) is 8.06. The molecule has 192 valence electrons. The molecule has 7 nitrogen and oxygen atoms in total. The number of esters is 1. The summed E-state index contributed by atoms with van der Waals surface area (Å²) in [5.41, 5.74) is 6.88. The van der Waals surface area contributed by atoms with E-state index >= 15 is 0 Å². The number of rotatable bonds is 5. The highest BCUT2D eigenvalue weighted by molar-refractivity contribution is 6.10. The van der Waals surface area contributed by atoms with Crippen molar-refractivity contribution in [3.8, 4) is 0 Å². The topological polar surface area (TPSA) is 92.8 Å². The van der Waals surface area contributed by atoms with Gasteiger partial charge in [-0.05, 0) is 66.3 Å². The molecule has 1 saturated heterocycles. The maximum absolute atomic E-state index is 13.8. The van der Waals surface area contributed by atoms with E-state index in [0.29, 0.717) is 5.69 Å². The fourth-order valence-electron chi connectivity index (χ4n) is 6.69. The lowest BCUT2D eigenvalue weighted by Gasteiger charge is -2.45. The second kappa shape index (κ2) is 8.94. The smallest absolute Gasteiger partial charge is 0.329 e. The van der Waals surface area contributed by atoms with Crippen molar-refractivity contribution in [3.63, 3.8) is 0 Å². The van der Waals surface area contributed by atoms with Crippen molar-refractivity contribution in [2.45, 2.75) is 38.6 Å². The highest BCUT2D eigenvalue weighted by Gasteiger charge is 2.62. The van der Waals surface area contributed by atoms with Gasteiger partial charge in [0, 0.05) is 17.5 Å². The first-order chi connectivity index (χ1) is 18.3. The van der Waals surface area contributed by atoms with Gasteiger partial charge in [-0.1, -0.05) is 54.6 Å². The van der Waals surface area contributed by atoms with E-state index in [1.165, 1.54) is 6.92 Å². The average Bonchev–Trinajstić information content (AvgIpc) is 3.16. The number of benzene rings is 3. The zero-order chi connectivity index (χ0) is 26.7. The maximum Gasteiger partial charge on any atom is 0.329 e. The number of likely N-dealkylation sites (tertiary alicyclic amines) is 1. The molecule has 3 aromatic rings. The zero-order valence-electron chi connectivity index (χ0n) is 21.4. The number of hydrogen-bond donors (Lipinski definition) is 1. The minimum atomic E-state index is -1.14. The van der Waals surface area contributed by atoms with Crippen LogP contribution in [0.2, 0.25) is 0 Å². The number of hydrogen-bond acceptors (Lipinski definition) is 5. The Kier molecular flexibility index (Phi) is 5.67. The lowest BCUT2D eigenvalue weighted by Crippen LogP contribution is -2.45. The Labute approximate surface area is 220 Å². The van der Waals surface area contributed by atoms with E-state index in [9.17, 15) is 19.2 Å². The fourth-order valence-corrected chi connectivity index (χ4v) is 6.69. The van der Waals surface area contributed by atoms with Gasteiger partial charge < -0.3 is 10.1 Å². The Morgan fingerprint density at radius 2 is 1.26 bits per heavy atom. The Hall–Kier alpha value is -4.26. The minimum absolute atomic E-state index is 0.245. The molecule has 0 spiro atoms. The molecule has 7 rings (SSSR count). The highest BCUT2D eigenvalue weighted by Crippen LogP contribution is 2.61. The summed E-state index contributed by atoms with van der Waals surface area (Å²) in [6, 6.07) is 20.5. The molecule has 1 N–H and O–H groups in total. The van der Waals surface area contributed by atoms with Gasteiger partial charge >= 0.3 is 5.97 Å². The number of nitrogens with one attached hydrogen (secondary N) is 1. The molecule has 3 aliphatic carbocycles. The molecular formula is C31H28N2O5. The van der Waals surface area contributed by atoms with Crippen LogP contribution in [0.1, 0.15) is 52.1 Å². The first-order valence-electron chi connectivity index (χ1n) is 12.9. The molecule has 2 bridgehead atoms. The molecule has 0 unspecified atom stereocenters. The van der Waals surface area contributed by atoms with E-state index in [2.05, 4.69) is 5.32 Å². The van der Waals surface area contributed by atoms with Crippen LogP contribution in [0, 0.1) is 25.7 Å². The molecule has 0 saturated carbocycles. The number of amides is 3. The van der Waals surface area contributed by atoms with E-state index in [0.717, 1.165) is 38.3 Å². The third-order valence-electron chi connectivity index (χ3n) is 8.06. The van der Waals surface area contributed by atoms with E-state index in [1.807, 2.05) is 80.6 Å². The monoisotopic (exact) mass is 508 g/mol. The molecule has 1 aliphatic heterocycles. The van der Waals surface area contributed by atoms with Crippen molar-refractivity contribution >= 4 is 29.4 Å². The molecule has 3 atom stereocenters. The van der Waals surface area contributed by atoms with Crippen molar-refractivity contribution in [1.29, 1.82) is 0 Å². The number of imide groups is 1. The largest absolute Gasteiger partial charge is 0.454 e. The van der Waals surface area contributed by atoms with Crippen molar-refractivity contribution in [1.82, 2.24) is 4.90 Å². The molecule has 1 fully saturated rings. The number of nitrogens with zero attached hydrogens (tertiary/aromatic N) is 1. The van der Waals surface area contributed by atoms with Crippen LogP contribution in [-0.2, 0) is 23.9 Å². The van der Waals surface area contributed by atoms with Gasteiger partial charge in [0.1, 0.15) is 6.04 Å². The van der Waals surface area contributed by atoms with Crippen molar-refractivity contribution in [2.24, 2.45) is 11.8 Å². The molecule has 4 aliphatic rings. The van der Waals surface area contributed by atoms with Gasteiger partial charge in [0.25, 0.3) is 5.91 Å². The Bertz CT molecular complexity index is 1380. The summed E-state index contributed by atoms with van der Waals surface area (Å²) in [7, 11) is 0. The molecule has 3 amide bonds. The summed E-state index contributed by atoms with van der Waals surface area (Å²) < 4.78 is 5.26. The normalized spacial score (nSPS) is 23.4. The number of aryl methyl sites for hydroxylation is 2. The van der Waals surface area contributed by atoms with E-state index in [4.69, 9.17) is 4.74 Å². The van der Waals surface area contributed by atoms with E-state index in [-0.39, 0.29) is 23.7 Å². The van der Waals surface area contributed by atoms with Crippen LogP contribution in [0.15, 0.2) is 66.7 Å². The summed E-state index contributed by atoms with van der Waals surface area (Å²) in [5, 5.41) is 2.72. The van der Waals surface area contributed by atoms with Gasteiger partial charge in [0.05, 0.1) is 11.8 Å². The maximum atomic E-state index is 13.8. The number of carbonyl (C=O) groups excluding carboxylic acids is 4. The van der Waals surface area contributed by atoms with Gasteiger partial charge in [-0.2, -0.15) is 0 Å². The minimum Gasteiger partial charge on any atom is -0.454 e. The van der Waals surface area contributed by atoms with Crippen LogP contribution in [0.4, 0.5) is 5.69 Å². The fraction of sp³-hybridized carbons (Fsp3) is 0.290. The van der Waals surface area contributed by atoms with E-state index in [1.54, 1.807) is 0 Å². The zero-order valence-corrected chi connectivity index (χ0v) is 21.4. The van der Waals surface area contributed by atoms with Crippen molar-refractivity contribution in [2.75, 3.05) is 11.9 Å². The standard InChI is InChI=1S/C31H28N2O5/c1-16-12-17(2)14-19(13-16)32-24(34)15-38-31(37)18(3)33-29(35)27-25-20-8-4-5-9-21(20)26(28(27)30(33)36)23-11-7-6-10-22(23)25/h4-14,18,25-28H,15H2,1-3H3,(H,32,34)/t18-,25?,26?,27-,28+/m1/s1. The lowest BCUT2D eigenvalue weighted by atomic mass is 9.55. The van der Waals surface area contributed by atoms with Crippen LogP contribution < -0.4 is 5.32 Å². The molecule has 7 heteroatoms. The molecule has 0 aromatic heterocycles. The van der Waals surface area contributed by atoms with Gasteiger partial charge in [-0.15, -0.1) is 0 Å². The molecule has 1 heterocycles. The van der Waals surface area contributed by atoms with Gasteiger partial charge in [-0.3, -0.25) is 19.3 Å². The summed E-state index contributed by atoms with van der Waals surface area (Å²) in [6.45, 7) is 4.82. The number of ether oxygens (including phenoxy) is 1. The Balaban J connectivity index is 1.21. The second-order valence-electron chi connectivity index (χ2n) is 10.5. The Morgan fingerprint density at radius 3 is 1.71 bits per heavy atom. The van der Waals surface area contributed by atoms with Crippen molar-refractivity contribution < 1.29 is 23.9 Å². The van der Waals surface area contributed by atoms with Gasteiger partial charge in [-0.25, -0.2) is 4.79 Å². The van der Waals surface area contributed by atoms with Crippen LogP contribution in [0.25, 0.3) is 0 Å². The van der Waals surface area contributed by atoms with E-state index < -0.39 is 36.4 Å². The second-order valence-corrected chi connectivity index (χ2v) is 10.5. The first-order valence-corrected chi connectivity index (χ1v) is 12.9. The average molecular weight is 509 g/mol. The van der Waals surface area contributed by atoms with Crippen LogP contribution >= 0.6 is 0 Å². The van der Waals surface area contributed by atoms with Crippen LogP contribution in [0.5, 0.6) is 0 Å². The third kappa shape index (κ3) is 3.64. The number of carbonyl (C=O) groups is 4. The van der Waals surface area contributed by atoms with Crippen LogP contribution in [0.3, 0.4) is 0 Å². The Morgan fingerprint density at radius 1 is 0.816 bits per heavy atom. The predicted molar refractivity (Wildman–Crippen MR) is 140 cm³/mol. The first kappa shape index (κ1) is 24.1. The highest BCUT2D eigenvalue weighted by atomic mass is 16.5. The lowest BCUT2D eigenvalue weighted by molar-refractivity contribution is -0.159. The quantitative estimate of drug-likeness (QED) is 0.414. The number of anilines is 1. The van der Waals surface area contributed by atoms with Crippen molar-refractivity contribution in [3.05, 3.63) is 100 Å². The predicted octanol–water partition coefficient (Wildman–Crippen LogP) is 4.07. The van der Waals surface area contributed by atoms with Gasteiger partial charge in [0.15, 0.2) is 6.61 Å². The molecule has 3 aromatic carbocycles. The SMILES string of the molecule is Cc1cc(C)cc(NC(=O)COC(=O)[C@@H](C)N2C(=O)[C@@H]3C4c5ccccc5C(c5ccccc54)[C@@H]3C2=O)c1. The molecule has 0 radical (unpaired) electrons. The summed E-state index contributed by atoms with van der Waals surface area (Å²) >= 11 is 0. The summed E-state index contributed by atoms with van der Waals surface area (Å²) in [4.78, 5) is 54.0. The molecular weight excluding hydrogens is 480 g/mol. The summed E-state index contributed by atoms with van der Waals surface area (Å²) in [6.07, 6.45) is 0. The van der Waals surface area contributed by atoms with Gasteiger partial charge in [0.2, 0.25) is 11.8 Å².